The van der Waals surface area contributed by atoms with Gasteiger partial charge in [0.1, 0.15) is 10.8 Å². The van der Waals surface area contributed by atoms with E-state index in [9.17, 15) is 9.59 Å². The Morgan fingerprint density at radius 3 is 2.67 bits per heavy atom. The van der Waals surface area contributed by atoms with Gasteiger partial charge in [-0.2, -0.15) is 0 Å². The molecule has 0 bridgehead atoms. The largest absolute Gasteiger partial charge is 0.496 e. The number of rotatable bonds is 4. The fraction of sp³-hybridized carbons (Fsp3) is 0.316. The van der Waals surface area contributed by atoms with E-state index in [-0.39, 0.29) is 11.0 Å². The van der Waals surface area contributed by atoms with Gasteiger partial charge in [0.15, 0.2) is 5.11 Å². The lowest BCUT2D eigenvalue weighted by Crippen LogP contribution is -2.34. The van der Waals surface area contributed by atoms with Crippen LogP contribution in [-0.4, -0.2) is 24.0 Å². The molecule has 0 atom stereocenters. The molecule has 2 amide bonds. The lowest BCUT2D eigenvalue weighted by atomic mass is 10.1. The van der Waals surface area contributed by atoms with Gasteiger partial charge in [-0.1, -0.05) is 18.6 Å². The first-order chi connectivity index (χ1) is 13.0. The van der Waals surface area contributed by atoms with Gasteiger partial charge in [0.25, 0.3) is 11.8 Å². The van der Waals surface area contributed by atoms with Crippen molar-refractivity contribution in [2.24, 2.45) is 5.73 Å². The van der Waals surface area contributed by atoms with Crippen LogP contribution in [0.4, 0.5) is 5.00 Å². The van der Waals surface area contributed by atoms with Crippen molar-refractivity contribution < 1.29 is 14.3 Å². The quantitative estimate of drug-likeness (QED) is 0.538. The molecule has 1 aromatic carbocycles. The van der Waals surface area contributed by atoms with E-state index in [4.69, 9.17) is 22.7 Å². The van der Waals surface area contributed by atoms with Gasteiger partial charge in [-0.15, -0.1) is 11.3 Å². The number of thiocarbonyl (C=S) groups is 1. The summed E-state index contributed by atoms with van der Waals surface area (Å²) in [6.45, 7) is 0. The Kier molecular flexibility index (Phi) is 6.08. The van der Waals surface area contributed by atoms with Gasteiger partial charge in [-0.05, 0) is 55.6 Å². The lowest BCUT2D eigenvalue weighted by molar-refractivity contribution is 0.0972. The van der Waals surface area contributed by atoms with Gasteiger partial charge in [0.05, 0.1) is 18.2 Å². The molecule has 1 aliphatic carbocycles. The topological polar surface area (TPSA) is 93.4 Å². The molecule has 27 heavy (non-hydrogen) atoms. The number of hydrogen-bond acceptors (Lipinski definition) is 5. The molecule has 1 aliphatic rings. The molecule has 0 unspecified atom stereocenters. The number of nitrogens with one attached hydrogen (secondary N) is 2. The highest BCUT2D eigenvalue weighted by atomic mass is 32.1. The number of fused-ring (bicyclic) bond motifs is 1. The average molecular weight is 404 g/mol. The van der Waals surface area contributed by atoms with E-state index in [1.807, 2.05) is 0 Å². The van der Waals surface area contributed by atoms with Crippen LogP contribution in [0.25, 0.3) is 0 Å². The van der Waals surface area contributed by atoms with Crippen LogP contribution in [0.15, 0.2) is 24.3 Å². The van der Waals surface area contributed by atoms with Crippen LogP contribution in [0.5, 0.6) is 5.75 Å². The number of amides is 2. The van der Waals surface area contributed by atoms with Gasteiger partial charge in [-0.25, -0.2) is 0 Å². The zero-order chi connectivity index (χ0) is 19.4. The van der Waals surface area contributed by atoms with Crippen LogP contribution < -0.4 is 21.1 Å². The molecule has 3 rings (SSSR count). The van der Waals surface area contributed by atoms with E-state index < -0.39 is 5.91 Å². The van der Waals surface area contributed by atoms with Crippen LogP contribution in [0, 0.1) is 0 Å². The maximum absolute atomic E-state index is 12.5. The first-order valence-corrected chi connectivity index (χ1v) is 9.93. The number of primary amides is 1. The van der Waals surface area contributed by atoms with Crippen LogP contribution in [0.3, 0.4) is 0 Å². The van der Waals surface area contributed by atoms with Crippen molar-refractivity contribution >= 4 is 45.5 Å². The smallest absolute Gasteiger partial charge is 0.261 e. The third-order valence-electron chi connectivity index (χ3n) is 4.47. The van der Waals surface area contributed by atoms with Gasteiger partial charge in [0.2, 0.25) is 0 Å². The van der Waals surface area contributed by atoms with Gasteiger partial charge in [0, 0.05) is 4.88 Å². The van der Waals surface area contributed by atoms with Gasteiger partial charge >= 0.3 is 0 Å². The monoisotopic (exact) mass is 403 g/mol. The lowest BCUT2D eigenvalue weighted by Gasteiger charge is -2.11. The van der Waals surface area contributed by atoms with Gasteiger partial charge in [-0.3, -0.25) is 14.9 Å². The molecule has 142 valence electrons. The Labute approximate surface area is 167 Å². The Morgan fingerprint density at radius 1 is 1.19 bits per heavy atom. The van der Waals surface area contributed by atoms with Crippen LogP contribution in [0.2, 0.25) is 0 Å². The molecule has 8 heteroatoms. The summed E-state index contributed by atoms with van der Waals surface area (Å²) in [5.41, 5.74) is 7.51. The second-order valence-electron chi connectivity index (χ2n) is 6.24. The van der Waals surface area contributed by atoms with Crippen molar-refractivity contribution in [3.63, 3.8) is 0 Å². The molecular formula is C19H21N3O3S2. The first-order valence-electron chi connectivity index (χ1n) is 8.71. The Hall–Kier alpha value is -2.45. The number of carbonyl (C=O) groups is 2. The predicted molar refractivity (Wildman–Crippen MR) is 111 cm³/mol. The van der Waals surface area contributed by atoms with Crippen LogP contribution >= 0.6 is 23.6 Å². The average Bonchev–Trinajstić information content (AvgIpc) is 2.82. The number of benzene rings is 1. The molecule has 0 fully saturated rings. The molecule has 2 aromatic rings. The number of nitrogens with two attached hydrogens (primary N) is 1. The number of para-hydroxylation sites is 1. The minimum absolute atomic E-state index is 0.116. The maximum atomic E-state index is 12.5. The molecule has 0 spiro atoms. The highest BCUT2D eigenvalue weighted by Crippen LogP contribution is 2.37. The van der Waals surface area contributed by atoms with Crippen molar-refractivity contribution in [2.75, 3.05) is 12.4 Å². The van der Waals surface area contributed by atoms with E-state index in [1.54, 1.807) is 24.3 Å². The molecule has 0 saturated carbocycles. The summed E-state index contributed by atoms with van der Waals surface area (Å²) in [5.74, 6) is -0.405. The van der Waals surface area contributed by atoms with Crippen molar-refractivity contribution in [3.8, 4) is 5.75 Å². The van der Waals surface area contributed by atoms with E-state index in [0.717, 1.165) is 37.7 Å². The fourth-order valence-corrected chi connectivity index (χ4v) is 4.79. The SMILES string of the molecule is COc1ccccc1C(=O)NC(=S)Nc1sc2c(c1C(N)=O)CCCCC2. The third-order valence-corrected chi connectivity index (χ3v) is 5.88. The van der Waals surface area contributed by atoms with Crippen LogP contribution in [0.1, 0.15) is 50.4 Å². The van der Waals surface area contributed by atoms with Crippen molar-refractivity contribution in [1.29, 1.82) is 0 Å². The van der Waals surface area contributed by atoms with E-state index >= 15 is 0 Å². The minimum Gasteiger partial charge on any atom is -0.496 e. The summed E-state index contributed by atoms with van der Waals surface area (Å²) in [5, 5.41) is 6.33. The van der Waals surface area contributed by atoms with E-state index in [0.29, 0.717) is 21.9 Å². The predicted octanol–water partition coefficient (Wildman–Crippen LogP) is 3.25. The second kappa shape index (κ2) is 8.49. The molecule has 1 aromatic heterocycles. The Balaban J connectivity index is 1.78. The fourth-order valence-electron chi connectivity index (χ4n) is 3.23. The number of methoxy groups -OCH3 is 1. The summed E-state index contributed by atoms with van der Waals surface area (Å²) in [7, 11) is 1.50. The zero-order valence-corrected chi connectivity index (χ0v) is 16.6. The second-order valence-corrected chi connectivity index (χ2v) is 7.75. The summed E-state index contributed by atoms with van der Waals surface area (Å²) in [6.07, 6.45) is 5.06. The molecular weight excluding hydrogens is 382 g/mol. The Morgan fingerprint density at radius 2 is 1.93 bits per heavy atom. The number of aryl methyl sites for hydroxylation is 1. The van der Waals surface area contributed by atoms with E-state index in [1.165, 1.54) is 23.3 Å². The third kappa shape index (κ3) is 4.28. The molecule has 1 heterocycles. The first kappa shape index (κ1) is 19.3. The minimum atomic E-state index is -0.476. The Bertz CT molecular complexity index is 892. The van der Waals surface area contributed by atoms with E-state index in [2.05, 4.69) is 10.6 Å². The van der Waals surface area contributed by atoms with Crippen molar-refractivity contribution in [1.82, 2.24) is 5.32 Å². The van der Waals surface area contributed by atoms with Crippen molar-refractivity contribution in [3.05, 3.63) is 45.8 Å². The number of hydrogen-bond donors (Lipinski definition) is 3. The summed E-state index contributed by atoms with van der Waals surface area (Å²) < 4.78 is 5.20. The molecule has 0 aliphatic heterocycles. The van der Waals surface area contributed by atoms with Crippen LogP contribution in [-0.2, 0) is 12.8 Å². The summed E-state index contributed by atoms with van der Waals surface area (Å²) >= 11 is 6.76. The number of ether oxygens (including phenoxy) is 1. The number of carbonyl (C=O) groups excluding carboxylic acids is 2. The highest BCUT2D eigenvalue weighted by molar-refractivity contribution is 7.80. The number of thiophene rings is 1. The molecule has 0 saturated heterocycles. The summed E-state index contributed by atoms with van der Waals surface area (Å²) in [4.78, 5) is 25.7. The standard InChI is InChI=1S/C19H21N3O3S2/c1-25-13-9-6-5-7-11(13)17(24)21-19(26)22-18-15(16(20)23)12-8-3-2-4-10-14(12)27-18/h5-7,9H,2-4,8,10H2,1H3,(H2,20,23)(H2,21,22,24,26). The summed E-state index contributed by atoms with van der Waals surface area (Å²) in [6, 6.07) is 6.88. The molecule has 6 nitrogen and oxygen atoms in total. The molecule has 0 radical (unpaired) electrons. The highest BCUT2D eigenvalue weighted by Gasteiger charge is 2.24. The number of anilines is 1. The molecule has 4 N–H and O–H groups in total. The normalized spacial score (nSPS) is 13.2. The van der Waals surface area contributed by atoms with Crippen molar-refractivity contribution in [2.45, 2.75) is 32.1 Å². The maximum Gasteiger partial charge on any atom is 0.261 e. The van der Waals surface area contributed by atoms with Gasteiger partial charge < -0.3 is 15.8 Å². The zero-order valence-electron chi connectivity index (χ0n) is 15.0.